The van der Waals surface area contributed by atoms with Gasteiger partial charge < -0.3 is 9.80 Å². The summed E-state index contributed by atoms with van der Waals surface area (Å²) in [6.07, 6.45) is 2.09. The number of anilines is 1. The van der Waals surface area contributed by atoms with Crippen molar-refractivity contribution in [3.63, 3.8) is 0 Å². The number of benzene rings is 2. The fourth-order valence-corrected chi connectivity index (χ4v) is 5.11. The van der Waals surface area contributed by atoms with Gasteiger partial charge in [0, 0.05) is 36.6 Å². The molecule has 0 saturated carbocycles. The maximum Gasteiger partial charge on any atom is 0.253 e. The number of hydrogen-bond donors (Lipinski definition) is 0. The number of carbonyl (C=O) groups excluding carboxylic acids is 1. The molecule has 4 nitrogen and oxygen atoms in total. The summed E-state index contributed by atoms with van der Waals surface area (Å²) < 4.78 is 1.23. The third-order valence-electron chi connectivity index (χ3n) is 4.89. The van der Waals surface area contributed by atoms with E-state index in [9.17, 15) is 4.79 Å². The zero-order valence-corrected chi connectivity index (χ0v) is 17.5. The van der Waals surface area contributed by atoms with Crippen LogP contribution in [-0.4, -0.2) is 48.2 Å². The predicted octanol–water partition coefficient (Wildman–Crippen LogP) is 4.60. The van der Waals surface area contributed by atoms with E-state index in [1.807, 2.05) is 30.9 Å². The standard InChI is InChI=1S/C21H23N3OS2/c1-14-10-15(2)12-16(11-14)20(25)23-6-8-24(9-7-23)21-22-18-5-4-17(26-3)13-19(18)27-21/h4-5,10-13H,6-9H2,1-3H3. The summed E-state index contributed by atoms with van der Waals surface area (Å²) in [6.45, 7) is 7.20. The van der Waals surface area contributed by atoms with E-state index >= 15 is 0 Å². The van der Waals surface area contributed by atoms with Crippen molar-refractivity contribution in [1.82, 2.24) is 9.88 Å². The fourth-order valence-electron chi connectivity index (χ4n) is 3.54. The van der Waals surface area contributed by atoms with Gasteiger partial charge in [0.25, 0.3) is 5.91 Å². The zero-order valence-electron chi connectivity index (χ0n) is 15.9. The van der Waals surface area contributed by atoms with E-state index in [0.29, 0.717) is 0 Å². The van der Waals surface area contributed by atoms with Gasteiger partial charge in [0.2, 0.25) is 0 Å². The van der Waals surface area contributed by atoms with E-state index < -0.39 is 0 Å². The van der Waals surface area contributed by atoms with Crippen LogP contribution in [0.4, 0.5) is 5.13 Å². The summed E-state index contributed by atoms with van der Waals surface area (Å²) in [5.41, 5.74) is 4.12. The Labute approximate surface area is 168 Å². The molecule has 27 heavy (non-hydrogen) atoms. The molecular formula is C21H23N3OS2. The summed E-state index contributed by atoms with van der Waals surface area (Å²) in [4.78, 5) is 23.2. The number of nitrogens with zero attached hydrogens (tertiary/aromatic N) is 3. The largest absolute Gasteiger partial charge is 0.345 e. The second kappa shape index (κ2) is 7.52. The minimum absolute atomic E-state index is 0.135. The smallest absolute Gasteiger partial charge is 0.253 e. The molecule has 0 bridgehead atoms. The Morgan fingerprint density at radius 1 is 1.04 bits per heavy atom. The number of carbonyl (C=O) groups is 1. The molecule has 1 aliphatic rings. The minimum atomic E-state index is 0.135. The van der Waals surface area contributed by atoms with Crippen LogP contribution in [0.15, 0.2) is 41.3 Å². The maximum absolute atomic E-state index is 12.9. The average molecular weight is 398 g/mol. The first-order chi connectivity index (χ1) is 13.0. The highest BCUT2D eigenvalue weighted by atomic mass is 32.2. The van der Waals surface area contributed by atoms with E-state index in [1.54, 1.807) is 23.1 Å². The van der Waals surface area contributed by atoms with Crippen LogP contribution in [0, 0.1) is 13.8 Å². The first-order valence-corrected chi connectivity index (χ1v) is 11.1. The van der Waals surface area contributed by atoms with Crippen LogP contribution < -0.4 is 4.90 Å². The SMILES string of the molecule is CSc1ccc2nc(N3CCN(C(=O)c4cc(C)cc(C)c4)CC3)sc2c1. The van der Waals surface area contributed by atoms with Crippen molar-refractivity contribution in [2.45, 2.75) is 18.7 Å². The monoisotopic (exact) mass is 397 g/mol. The van der Waals surface area contributed by atoms with Gasteiger partial charge in [-0.15, -0.1) is 11.8 Å². The first-order valence-electron chi connectivity index (χ1n) is 9.10. The van der Waals surface area contributed by atoms with Gasteiger partial charge in [0.15, 0.2) is 5.13 Å². The molecule has 0 aliphatic carbocycles. The van der Waals surface area contributed by atoms with Crippen molar-refractivity contribution in [2.75, 3.05) is 37.3 Å². The normalized spacial score (nSPS) is 14.8. The van der Waals surface area contributed by atoms with Gasteiger partial charge in [-0.25, -0.2) is 4.98 Å². The summed E-state index contributed by atoms with van der Waals surface area (Å²) >= 11 is 3.49. The van der Waals surface area contributed by atoms with E-state index in [2.05, 4.69) is 35.4 Å². The molecule has 1 aromatic heterocycles. The number of fused-ring (bicyclic) bond motifs is 1. The van der Waals surface area contributed by atoms with Crippen molar-refractivity contribution in [3.8, 4) is 0 Å². The molecule has 140 valence electrons. The summed E-state index contributed by atoms with van der Waals surface area (Å²) in [5, 5.41) is 1.06. The molecule has 0 spiro atoms. The molecule has 1 amide bonds. The molecule has 1 saturated heterocycles. The van der Waals surface area contributed by atoms with E-state index in [0.717, 1.165) is 53.5 Å². The van der Waals surface area contributed by atoms with Crippen molar-refractivity contribution in [2.24, 2.45) is 0 Å². The van der Waals surface area contributed by atoms with Crippen LogP contribution in [0.1, 0.15) is 21.5 Å². The highest BCUT2D eigenvalue weighted by Crippen LogP contribution is 2.32. The number of amides is 1. The number of thiazole rings is 1. The Bertz CT molecular complexity index is 970. The first kappa shape index (κ1) is 18.3. The Kier molecular flexibility index (Phi) is 5.10. The number of aryl methyl sites for hydroxylation is 2. The Morgan fingerprint density at radius 2 is 1.74 bits per heavy atom. The number of hydrogen-bond acceptors (Lipinski definition) is 5. The number of thioether (sulfide) groups is 1. The Hall–Kier alpha value is -2.05. The van der Waals surface area contributed by atoms with Crippen molar-refractivity contribution in [3.05, 3.63) is 53.1 Å². The third-order valence-corrected chi connectivity index (χ3v) is 6.69. The summed E-state index contributed by atoms with van der Waals surface area (Å²) in [7, 11) is 0. The molecule has 1 aliphatic heterocycles. The van der Waals surface area contributed by atoms with Gasteiger partial charge in [-0.05, 0) is 50.4 Å². The Morgan fingerprint density at radius 3 is 2.41 bits per heavy atom. The molecule has 3 aromatic rings. The van der Waals surface area contributed by atoms with Crippen molar-refractivity contribution >= 4 is 44.4 Å². The average Bonchev–Trinajstić information content (AvgIpc) is 3.10. The lowest BCUT2D eigenvalue weighted by molar-refractivity contribution is 0.0746. The van der Waals surface area contributed by atoms with Gasteiger partial charge in [0.1, 0.15) is 0 Å². The molecule has 1 fully saturated rings. The lowest BCUT2D eigenvalue weighted by Crippen LogP contribution is -2.48. The lowest BCUT2D eigenvalue weighted by atomic mass is 10.1. The van der Waals surface area contributed by atoms with Gasteiger partial charge in [-0.1, -0.05) is 28.5 Å². The maximum atomic E-state index is 12.9. The van der Waals surface area contributed by atoms with Crippen LogP contribution in [-0.2, 0) is 0 Å². The van der Waals surface area contributed by atoms with Crippen LogP contribution in [0.3, 0.4) is 0 Å². The molecule has 2 heterocycles. The van der Waals surface area contributed by atoms with Crippen LogP contribution in [0.5, 0.6) is 0 Å². The molecule has 2 aromatic carbocycles. The molecule has 0 atom stereocenters. The molecule has 0 unspecified atom stereocenters. The predicted molar refractivity (Wildman–Crippen MR) is 115 cm³/mol. The van der Waals surface area contributed by atoms with Crippen molar-refractivity contribution < 1.29 is 4.79 Å². The number of aromatic nitrogens is 1. The quantitative estimate of drug-likeness (QED) is 0.605. The number of rotatable bonds is 3. The van der Waals surface area contributed by atoms with Gasteiger partial charge >= 0.3 is 0 Å². The van der Waals surface area contributed by atoms with E-state index in [1.165, 1.54) is 9.60 Å². The second-order valence-electron chi connectivity index (χ2n) is 6.99. The highest BCUT2D eigenvalue weighted by molar-refractivity contribution is 7.98. The topological polar surface area (TPSA) is 36.4 Å². The molecule has 0 radical (unpaired) electrons. The Balaban J connectivity index is 1.46. The molecule has 6 heteroatoms. The van der Waals surface area contributed by atoms with Gasteiger partial charge in [-0.3, -0.25) is 4.79 Å². The summed E-state index contributed by atoms with van der Waals surface area (Å²) in [5.74, 6) is 0.135. The van der Waals surface area contributed by atoms with Crippen LogP contribution in [0.25, 0.3) is 10.2 Å². The minimum Gasteiger partial charge on any atom is -0.345 e. The van der Waals surface area contributed by atoms with E-state index in [-0.39, 0.29) is 5.91 Å². The van der Waals surface area contributed by atoms with Crippen LogP contribution >= 0.6 is 23.1 Å². The van der Waals surface area contributed by atoms with Crippen molar-refractivity contribution in [1.29, 1.82) is 0 Å². The second-order valence-corrected chi connectivity index (χ2v) is 8.87. The molecular weight excluding hydrogens is 374 g/mol. The fraction of sp³-hybridized carbons (Fsp3) is 0.333. The number of piperazine rings is 1. The van der Waals surface area contributed by atoms with Crippen LogP contribution in [0.2, 0.25) is 0 Å². The highest BCUT2D eigenvalue weighted by Gasteiger charge is 2.24. The zero-order chi connectivity index (χ0) is 19.0. The molecule has 4 rings (SSSR count). The molecule has 0 N–H and O–H groups in total. The third kappa shape index (κ3) is 3.82. The lowest BCUT2D eigenvalue weighted by Gasteiger charge is -2.34. The van der Waals surface area contributed by atoms with Gasteiger partial charge in [-0.2, -0.15) is 0 Å². The van der Waals surface area contributed by atoms with E-state index in [4.69, 9.17) is 4.98 Å². The van der Waals surface area contributed by atoms with Gasteiger partial charge in [0.05, 0.1) is 10.2 Å². The summed E-state index contributed by atoms with van der Waals surface area (Å²) in [6, 6.07) is 12.5.